The molecular formula is C11H21BN2O2. The molecule has 1 aliphatic rings. The van der Waals surface area contributed by atoms with Gasteiger partial charge in [-0.05, 0) is 34.6 Å². The lowest BCUT2D eigenvalue weighted by Crippen LogP contribution is -2.41. The Bertz CT molecular complexity index is 358. The topological polar surface area (TPSA) is 47.1 Å². The van der Waals surface area contributed by atoms with Gasteiger partial charge in [0.05, 0.1) is 11.2 Å². The van der Waals surface area contributed by atoms with Crippen LogP contribution in [0.15, 0.2) is 6.20 Å². The highest BCUT2D eigenvalue weighted by Crippen LogP contribution is 2.36. The van der Waals surface area contributed by atoms with E-state index in [1.807, 2.05) is 34.6 Å². The zero-order valence-corrected chi connectivity index (χ0v) is 9.92. The molecule has 5 heteroatoms. The molecule has 0 spiro atoms. The van der Waals surface area contributed by atoms with E-state index in [2.05, 4.69) is 10.2 Å². The van der Waals surface area contributed by atoms with E-state index in [0.29, 0.717) is 0 Å². The second kappa shape index (κ2) is 3.89. The summed E-state index contributed by atoms with van der Waals surface area (Å²) in [5.74, 6) is 0. The van der Waals surface area contributed by atoms with Crippen molar-refractivity contribution >= 4 is 12.6 Å². The van der Waals surface area contributed by atoms with Crippen LogP contribution in [0.3, 0.4) is 0 Å². The van der Waals surface area contributed by atoms with Crippen LogP contribution >= 0.6 is 0 Å². The third kappa shape index (κ3) is 1.89. The Hall–Kier alpha value is -0.805. The number of aryl methyl sites for hydroxylation is 1. The molecule has 1 aliphatic heterocycles. The summed E-state index contributed by atoms with van der Waals surface area (Å²) in [5.41, 5.74) is 1.39. The average Bonchev–Trinajstić information content (AvgIpc) is 2.55. The highest BCUT2D eigenvalue weighted by molar-refractivity contribution is 6.62. The van der Waals surface area contributed by atoms with Gasteiger partial charge in [0.1, 0.15) is 0 Å². The minimum atomic E-state index is -0.311. The quantitative estimate of drug-likeness (QED) is 0.738. The van der Waals surface area contributed by atoms with Gasteiger partial charge in [0.15, 0.2) is 0 Å². The van der Waals surface area contributed by atoms with Gasteiger partial charge in [-0.3, -0.25) is 5.10 Å². The van der Waals surface area contributed by atoms with Gasteiger partial charge in [0.25, 0.3) is 0 Å². The van der Waals surface area contributed by atoms with E-state index in [-0.39, 0.29) is 25.7 Å². The fraction of sp³-hybridized carbons (Fsp3) is 0.727. The van der Waals surface area contributed by atoms with Crippen molar-refractivity contribution in [2.45, 2.75) is 53.2 Å². The third-order valence-corrected chi connectivity index (χ3v) is 3.38. The van der Waals surface area contributed by atoms with Gasteiger partial charge in [-0.1, -0.05) is 7.43 Å². The fourth-order valence-corrected chi connectivity index (χ4v) is 1.57. The molecule has 16 heavy (non-hydrogen) atoms. The molecule has 1 N–H and O–H groups in total. The molecule has 0 atom stereocenters. The summed E-state index contributed by atoms with van der Waals surface area (Å²) in [4.78, 5) is 0. The first kappa shape index (κ1) is 13.3. The van der Waals surface area contributed by atoms with Crippen molar-refractivity contribution in [2.24, 2.45) is 0 Å². The number of rotatable bonds is 1. The van der Waals surface area contributed by atoms with Crippen LogP contribution in [0.25, 0.3) is 0 Å². The van der Waals surface area contributed by atoms with E-state index in [1.54, 1.807) is 6.20 Å². The van der Waals surface area contributed by atoms with Gasteiger partial charge in [-0.15, -0.1) is 0 Å². The van der Waals surface area contributed by atoms with Crippen LogP contribution in [0.5, 0.6) is 0 Å². The minimum absolute atomic E-state index is 0. The van der Waals surface area contributed by atoms with Crippen LogP contribution in [-0.4, -0.2) is 28.5 Å². The van der Waals surface area contributed by atoms with Gasteiger partial charge >= 0.3 is 7.12 Å². The average molecular weight is 224 g/mol. The first-order chi connectivity index (χ1) is 6.83. The maximum Gasteiger partial charge on any atom is 0.498 e. The van der Waals surface area contributed by atoms with E-state index in [4.69, 9.17) is 9.31 Å². The molecule has 1 aromatic heterocycles. The Morgan fingerprint density at radius 3 is 2.06 bits per heavy atom. The lowest BCUT2D eigenvalue weighted by atomic mass is 9.79. The van der Waals surface area contributed by atoms with Crippen molar-refractivity contribution < 1.29 is 9.31 Å². The largest absolute Gasteiger partial charge is 0.498 e. The van der Waals surface area contributed by atoms with E-state index in [9.17, 15) is 0 Å². The number of hydrogen-bond acceptors (Lipinski definition) is 3. The number of hydrogen-bond donors (Lipinski definition) is 1. The normalized spacial score (nSPS) is 21.9. The van der Waals surface area contributed by atoms with Crippen LogP contribution in [-0.2, 0) is 9.31 Å². The van der Waals surface area contributed by atoms with Crippen molar-refractivity contribution in [3.8, 4) is 0 Å². The van der Waals surface area contributed by atoms with Crippen LogP contribution in [0.2, 0.25) is 0 Å². The molecule has 1 saturated heterocycles. The minimum Gasteiger partial charge on any atom is -0.399 e. The number of nitrogens with one attached hydrogen (secondary N) is 1. The molecule has 0 amide bonds. The van der Waals surface area contributed by atoms with Crippen molar-refractivity contribution in [3.05, 3.63) is 11.9 Å². The number of aromatic amines is 1. The van der Waals surface area contributed by atoms with Crippen molar-refractivity contribution in [3.63, 3.8) is 0 Å². The maximum atomic E-state index is 5.91. The molecule has 2 rings (SSSR count). The lowest BCUT2D eigenvalue weighted by Gasteiger charge is -2.32. The summed E-state index contributed by atoms with van der Waals surface area (Å²) in [6.45, 7) is 10.1. The summed E-state index contributed by atoms with van der Waals surface area (Å²) in [7, 11) is -0.311. The SMILES string of the molecule is C.Cc1[nH]ncc1B1OC(C)(C)C(C)(C)O1. The molecule has 0 saturated carbocycles. The van der Waals surface area contributed by atoms with Gasteiger partial charge < -0.3 is 9.31 Å². The summed E-state index contributed by atoms with van der Waals surface area (Å²) in [5, 5.41) is 6.87. The van der Waals surface area contributed by atoms with Crippen LogP contribution in [0, 0.1) is 6.92 Å². The molecule has 0 aliphatic carbocycles. The predicted molar refractivity (Wildman–Crippen MR) is 65.8 cm³/mol. The number of aromatic nitrogens is 2. The molecule has 1 aromatic rings. The molecule has 90 valence electrons. The van der Waals surface area contributed by atoms with E-state index in [0.717, 1.165) is 11.2 Å². The van der Waals surface area contributed by atoms with Crippen molar-refractivity contribution in [1.29, 1.82) is 0 Å². The number of H-pyrrole nitrogens is 1. The van der Waals surface area contributed by atoms with Gasteiger partial charge in [0, 0.05) is 17.4 Å². The molecule has 0 unspecified atom stereocenters. The van der Waals surface area contributed by atoms with E-state index < -0.39 is 0 Å². The molecule has 1 fully saturated rings. The fourth-order valence-electron chi connectivity index (χ4n) is 1.57. The Labute approximate surface area is 97.9 Å². The second-order valence-electron chi connectivity index (χ2n) is 5.04. The van der Waals surface area contributed by atoms with Gasteiger partial charge in [-0.2, -0.15) is 5.10 Å². The first-order valence-corrected chi connectivity index (χ1v) is 5.19. The zero-order valence-electron chi connectivity index (χ0n) is 9.92. The van der Waals surface area contributed by atoms with Crippen molar-refractivity contribution in [2.75, 3.05) is 0 Å². The lowest BCUT2D eigenvalue weighted by molar-refractivity contribution is 0.00578. The summed E-state index contributed by atoms with van der Waals surface area (Å²) in [6.07, 6.45) is 1.76. The maximum absolute atomic E-state index is 5.91. The van der Waals surface area contributed by atoms with Crippen LogP contribution in [0.4, 0.5) is 0 Å². The summed E-state index contributed by atoms with van der Waals surface area (Å²) >= 11 is 0. The standard InChI is InChI=1S/C10H17BN2O2.CH4/c1-7-8(6-12-13-7)11-14-9(2,3)10(4,5)15-11;/h6H,1-5H3,(H,12,13);1H4. The molecule has 0 aromatic carbocycles. The Morgan fingerprint density at radius 2 is 1.69 bits per heavy atom. The molecule has 4 nitrogen and oxygen atoms in total. The Morgan fingerprint density at radius 1 is 1.19 bits per heavy atom. The van der Waals surface area contributed by atoms with Gasteiger partial charge in [0.2, 0.25) is 0 Å². The molecule has 0 bridgehead atoms. The monoisotopic (exact) mass is 224 g/mol. The Balaban J connectivity index is 0.00000128. The van der Waals surface area contributed by atoms with Crippen LogP contribution < -0.4 is 5.46 Å². The smallest absolute Gasteiger partial charge is 0.399 e. The van der Waals surface area contributed by atoms with E-state index in [1.165, 1.54) is 0 Å². The molecule has 2 heterocycles. The highest BCUT2D eigenvalue weighted by atomic mass is 16.7. The Kier molecular flexibility index (Phi) is 3.23. The highest BCUT2D eigenvalue weighted by Gasteiger charge is 2.52. The molecular weight excluding hydrogens is 203 g/mol. The van der Waals surface area contributed by atoms with Gasteiger partial charge in [-0.25, -0.2) is 0 Å². The molecule has 0 radical (unpaired) electrons. The summed E-state index contributed by atoms with van der Waals surface area (Å²) in [6, 6.07) is 0. The predicted octanol–water partition coefficient (Wildman–Crippen LogP) is 1.65. The first-order valence-electron chi connectivity index (χ1n) is 5.19. The number of nitrogens with zero attached hydrogens (tertiary/aromatic N) is 1. The third-order valence-electron chi connectivity index (χ3n) is 3.38. The zero-order chi connectivity index (χ0) is 11.3. The van der Waals surface area contributed by atoms with E-state index >= 15 is 0 Å². The second-order valence-corrected chi connectivity index (χ2v) is 5.04. The summed E-state index contributed by atoms with van der Waals surface area (Å²) < 4.78 is 11.8. The van der Waals surface area contributed by atoms with Crippen molar-refractivity contribution in [1.82, 2.24) is 10.2 Å². The van der Waals surface area contributed by atoms with Crippen LogP contribution in [0.1, 0.15) is 40.8 Å².